The molecule has 0 N–H and O–H groups in total. The maximum absolute atomic E-state index is 12.3. The van der Waals surface area contributed by atoms with Gasteiger partial charge in [0.05, 0.1) is 6.04 Å². The largest absolute Gasteiger partial charge is 0.463 e. The van der Waals surface area contributed by atoms with E-state index in [1.165, 1.54) is 4.90 Å². The van der Waals surface area contributed by atoms with E-state index in [2.05, 4.69) is 0 Å². The number of ether oxygens (including phenoxy) is 2. The molecule has 2 rings (SSSR count). The van der Waals surface area contributed by atoms with Crippen LogP contribution in [0.25, 0.3) is 0 Å². The first-order chi connectivity index (χ1) is 9.63. The molecular formula is C14H16Cl3NO3. The third kappa shape index (κ3) is 3.57. The SMILES string of the molecule is CC1C(Oc2ccccc2)OC(C)(C)N1C(=O)C(Cl)(Cl)Cl. The summed E-state index contributed by atoms with van der Waals surface area (Å²) in [4.78, 5) is 13.7. The smallest absolute Gasteiger partial charge is 0.277 e. The normalized spacial score (nSPS) is 25.0. The maximum Gasteiger partial charge on any atom is 0.277 e. The van der Waals surface area contributed by atoms with Gasteiger partial charge in [0.2, 0.25) is 6.29 Å². The van der Waals surface area contributed by atoms with E-state index in [0.717, 1.165) is 0 Å². The van der Waals surface area contributed by atoms with Gasteiger partial charge in [-0.1, -0.05) is 53.0 Å². The first-order valence-corrected chi connectivity index (χ1v) is 7.56. The topological polar surface area (TPSA) is 38.8 Å². The van der Waals surface area contributed by atoms with E-state index < -0.39 is 27.8 Å². The van der Waals surface area contributed by atoms with Gasteiger partial charge in [-0.3, -0.25) is 4.79 Å². The monoisotopic (exact) mass is 351 g/mol. The van der Waals surface area contributed by atoms with Gasteiger partial charge in [0.25, 0.3) is 9.70 Å². The minimum atomic E-state index is -2.03. The lowest BCUT2D eigenvalue weighted by Gasteiger charge is -2.33. The molecule has 0 aliphatic carbocycles. The molecule has 7 heteroatoms. The predicted octanol–water partition coefficient (Wildman–Crippen LogP) is 3.75. The number of amides is 1. The first kappa shape index (κ1) is 16.7. The van der Waals surface area contributed by atoms with Crippen molar-refractivity contribution in [2.45, 2.75) is 42.6 Å². The van der Waals surface area contributed by atoms with Crippen LogP contribution in [0.2, 0.25) is 0 Å². The molecule has 0 saturated carbocycles. The molecule has 1 aromatic rings. The average Bonchev–Trinajstić information content (AvgIpc) is 2.58. The highest BCUT2D eigenvalue weighted by molar-refractivity contribution is 6.76. The van der Waals surface area contributed by atoms with E-state index in [9.17, 15) is 4.79 Å². The number of rotatable bonds is 2. The highest BCUT2D eigenvalue weighted by Crippen LogP contribution is 2.39. The van der Waals surface area contributed by atoms with Crippen LogP contribution in [-0.4, -0.2) is 32.7 Å². The summed E-state index contributed by atoms with van der Waals surface area (Å²) in [6, 6.07) is 8.80. The Morgan fingerprint density at radius 3 is 2.38 bits per heavy atom. The number of hydrogen-bond donors (Lipinski definition) is 0. The molecule has 0 aromatic heterocycles. The Morgan fingerprint density at radius 2 is 1.86 bits per heavy atom. The molecule has 0 bridgehead atoms. The second-order valence-corrected chi connectivity index (χ2v) is 7.56. The van der Waals surface area contributed by atoms with Crippen molar-refractivity contribution in [3.63, 3.8) is 0 Å². The van der Waals surface area contributed by atoms with Gasteiger partial charge in [-0.2, -0.15) is 0 Å². The molecule has 1 fully saturated rings. The summed E-state index contributed by atoms with van der Waals surface area (Å²) in [6.07, 6.45) is -0.640. The Labute approximate surface area is 138 Å². The van der Waals surface area contributed by atoms with Gasteiger partial charge in [-0.05, 0) is 32.9 Å². The molecule has 2 atom stereocenters. The van der Waals surface area contributed by atoms with Gasteiger partial charge in [0.15, 0.2) is 0 Å². The molecule has 1 heterocycles. The zero-order valence-corrected chi connectivity index (χ0v) is 14.1. The fourth-order valence-electron chi connectivity index (χ4n) is 2.37. The van der Waals surface area contributed by atoms with Crippen molar-refractivity contribution >= 4 is 40.7 Å². The summed E-state index contributed by atoms with van der Waals surface area (Å²) in [5, 5.41) is 0. The molecule has 116 valence electrons. The van der Waals surface area contributed by atoms with Crippen molar-refractivity contribution in [1.82, 2.24) is 4.90 Å². The molecule has 1 saturated heterocycles. The predicted molar refractivity (Wildman–Crippen MR) is 82.6 cm³/mol. The van der Waals surface area contributed by atoms with E-state index in [-0.39, 0.29) is 0 Å². The maximum atomic E-state index is 12.3. The number of nitrogens with zero attached hydrogens (tertiary/aromatic N) is 1. The van der Waals surface area contributed by atoms with Crippen LogP contribution in [0.4, 0.5) is 0 Å². The van der Waals surface area contributed by atoms with Crippen LogP contribution in [0, 0.1) is 0 Å². The molecular weight excluding hydrogens is 337 g/mol. The van der Waals surface area contributed by atoms with Crippen LogP contribution in [0.1, 0.15) is 20.8 Å². The van der Waals surface area contributed by atoms with Crippen molar-refractivity contribution in [2.24, 2.45) is 0 Å². The van der Waals surface area contributed by atoms with E-state index in [0.29, 0.717) is 5.75 Å². The van der Waals surface area contributed by atoms with E-state index in [1.54, 1.807) is 20.8 Å². The van der Waals surface area contributed by atoms with Gasteiger partial charge in [-0.15, -0.1) is 0 Å². The number of hydrogen-bond acceptors (Lipinski definition) is 3. The molecule has 21 heavy (non-hydrogen) atoms. The van der Waals surface area contributed by atoms with Crippen molar-refractivity contribution in [3.8, 4) is 5.75 Å². The highest BCUT2D eigenvalue weighted by Gasteiger charge is 2.53. The Kier molecular flexibility index (Phi) is 4.64. The summed E-state index contributed by atoms with van der Waals surface area (Å²) < 4.78 is 9.54. The summed E-state index contributed by atoms with van der Waals surface area (Å²) in [6.45, 7) is 5.25. The molecule has 4 nitrogen and oxygen atoms in total. The second kappa shape index (κ2) is 5.84. The van der Waals surface area contributed by atoms with Crippen LogP contribution in [0.5, 0.6) is 5.75 Å². The minimum absolute atomic E-state index is 0.400. The van der Waals surface area contributed by atoms with Crippen molar-refractivity contribution in [3.05, 3.63) is 30.3 Å². The van der Waals surface area contributed by atoms with Crippen molar-refractivity contribution in [1.29, 1.82) is 0 Å². The van der Waals surface area contributed by atoms with Gasteiger partial charge in [-0.25, -0.2) is 0 Å². The Hall–Kier alpha value is -0.680. The molecule has 0 spiro atoms. The molecule has 1 aliphatic heterocycles. The third-order valence-corrected chi connectivity index (χ3v) is 3.73. The fourth-order valence-corrected chi connectivity index (χ4v) is 2.65. The van der Waals surface area contributed by atoms with E-state index in [4.69, 9.17) is 44.3 Å². The van der Waals surface area contributed by atoms with Gasteiger partial charge < -0.3 is 14.4 Å². The van der Waals surface area contributed by atoms with Crippen LogP contribution in [0.15, 0.2) is 30.3 Å². The third-order valence-electron chi connectivity index (χ3n) is 3.24. The number of alkyl halides is 3. The van der Waals surface area contributed by atoms with Crippen LogP contribution in [0.3, 0.4) is 0 Å². The first-order valence-electron chi connectivity index (χ1n) is 6.43. The van der Waals surface area contributed by atoms with E-state index in [1.807, 2.05) is 30.3 Å². The number of carbonyl (C=O) groups is 1. The van der Waals surface area contributed by atoms with Crippen LogP contribution in [-0.2, 0) is 9.53 Å². The standard InChI is InChI=1S/C14H16Cl3NO3/c1-9-11(20-10-7-5-4-6-8-10)21-13(2,3)18(9)12(19)14(15,16)17/h4-9,11H,1-3H3. The Bertz CT molecular complexity index is 516. The lowest BCUT2D eigenvalue weighted by molar-refractivity contribution is -0.153. The molecule has 2 unspecified atom stereocenters. The average molecular weight is 353 g/mol. The molecule has 1 aliphatic rings. The number of benzene rings is 1. The zero-order valence-electron chi connectivity index (χ0n) is 11.8. The highest BCUT2D eigenvalue weighted by atomic mass is 35.6. The number of para-hydroxylation sites is 1. The zero-order chi connectivity index (χ0) is 15.8. The van der Waals surface area contributed by atoms with E-state index >= 15 is 0 Å². The quantitative estimate of drug-likeness (QED) is 0.761. The Morgan fingerprint density at radius 1 is 1.29 bits per heavy atom. The second-order valence-electron chi connectivity index (χ2n) is 5.28. The molecule has 1 amide bonds. The summed E-state index contributed by atoms with van der Waals surface area (Å²) in [5.74, 6) is 0.0116. The summed E-state index contributed by atoms with van der Waals surface area (Å²) in [7, 11) is 0. The Balaban J connectivity index is 2.20. The lowest BCUT2D eigenvalue weighted by atomic mass is 10.2. The molecule has 1 aromatic carbocycles. The summed E-state index contributed by atoms with van der Waals surface area (Å²) in [5.41, 5.74) is -0.931. The fraction of sp³-hybridized carbons (Fsp3) is 0.500. The van der Waals surface area contributed by atoms with Gasteiger partial charge in [0, 0.05) is 0 Å². The van der Waals surface area contributed by atoms with Gasteiger partial charge >= 0.3 is 0 Å². The molecule has 0 radical (unpaired) electrons. The summed E-state index contributed by atoms with van der Waals surface area (Å²) >= 11 is 17.1. The number of carbonyl (C=O) groups excluding carboxylic acids is 1. The number of halogens is 3. The lowest BCUT2D eigenvalue weighted by Crippen LogP contribution is -2.51. The minimum Gasteiger partial charge on any atom is -0.463 e. The van der Waals surface area contributed by atoms with Gasteiger partial charge in [0.1, 0.15) is 11.5 Å². The van der Waals surface area contributed by atoms with Crippen molar-refractivity contribution in [2.75, 3.05) is 0 Å². The van der Waals surface area contributed by atoms with Crippen LogP contribution >= 0.6 is 34.8 Å². The van der Waals surface area contributed by atoms with Crippen LogP contribution < -0.4 is 4.74 Å². The van der Waals surface area contributed by atoms with Crippen molar-refractivity contribution < 1.29 is 14.3 Å².